The first-order valence-corrected chi connectivity index (χ1v) is 9.37. The van der Waals surface area contributed by atoms with Gasteiger partial charge in [0.05, 0.1) is 11.1 Å². The Hall–Kier alpha value is -3.52. The van der Waals surface area contributed by atoms with E-state index in [4.69, 9.17) is 4.98 Å². The molecule has 0 saturated carbocycles. The molecule has 136 valence electrons. The summed E-state index contributed by atoms with van der Waals surface area (Å²) in [5.74, 6) is -0.0322. The number of benzene rings is 3. The first-order chi connectivity index (χ1) is 13.6. The Morgan fingerprint density at radius 3 is 2.25 bits per heavy atom. The third-order valence-corrected chi connectivity index (χ3v) is 4.89. The van der Waals surface area contributed by atoms with Crippen LogP contribution in [0.4, 0.5) is 0 Å². The summed E-state index contributed by atoms with van der Waals surface area (Å²) in [6.07, 6.45) is 3.51. The van der Waals surface area contributed by atoms with Crippen molar-refractivity contribution in [3.63, 3.8) is 0 Å². The molecular weight excluding hydrogens is 342 g/mol. The highest BCUT2D eigenvalue weighted by Gasteiger charge is 2.18. The molecule has 1 heterocycles. The summed E-state index contributed by atoms with van der Waals surface area (Å²) >= 11 is 0. The number of fused-ring (bicyclic) bond motifs is 1. The molecule has 0 radical (unpaired) electrons. The van der Waals surface area contributed by atoms with Crippen LogP contribution in [0.25, 0.3) is 28.1 Å². The molecule has 2 heteroatoms. The lowest BCUT2D eigenvalue weighted by Crippen LogP contribution is -2.05. The fraction of sp³-hybridized carbons (Fsp3) is 0.0769. The molecule has 0 spiro atoms. The van der Waals surface area contributed by atoms with Crippen LogP contribution in [0.2, 0.25) is 0 Å². The van der Waals surface area contributed by atoms with Gasteiger partial charge in [-0.15, -0.1) is 0 Å². The van der Waals surface area contributed by atoms with E-state index in [1.807, 2.05) is 91.9 Å². The van der Waals surface area contributed by atoms with E-state index in [1.54, 1.807) is 6.08 Å². The molecule has 3 aromatic carbocycles. The molecule has 0 aliphatic carbocycles. The summed E-state index contributed by atoms with van der Waals surface area (Å²) in [6, 6.07) is 26.2. The second kappa shape index (κ2) is 7.61. The van der Waals surface area contributed by atoms with Crippen LogP contribution < -0.4 is 0 Å². The molecule has 4 aromatic rings. The van der Waals surface area contributed by atoms with Crippen LogP contribution in [0.3, 0.4) is 0 Å². The molecular formula is C26H21NO. The quantitative estimate of drug-likeness (QED) is 0.309. The van der Waals surface area contributed by atoms with Crippen LogP contribution in [0.1, 0.15) is 27.2 Å². The van der Waals surface area contributed by atoms with E-state index >= 15 is 0 Å². The number of ketones is 1. The number of nitrogens with zero attached hydrogens (tertiary/aromatic N) is 1. The van der Waals surface area contributed by atoms with Crippen LogP contribution in [0.5, 0.6) is 0 Å². The Bertz CT molecular complexity index is 1170. The molecule has 2 nitrogen and oxygen atoms in total. The monoisotopic (exact) mass is 363 g/mol. The molecule has 0 atom stereocenters. The van der Waals surface area contributed by atoms with Crippen molar-refractivity contribution in [1.82, 2.24) is 4.98 Å². The number of para-hydroxylation sites is 1. The summed E-state index contributed by atoms with van der Waals surface area (Å²) in [5.41, 5.74) is 6.48. The number of aryl methyl sites for hydroxylation is 2. The Balaban J connectivity index is 1.87. The second-order valence-electron chi connectivity index (χ2n) is 6.94. The van der Waals surface area contributed by atoms with Gasteiger partial charge >= 0.3 is 0 Å². The number of carbonyl (C=O) groups is 1. The fourth-order valence-electron chi connectivity index (χ4n) is 3.47. The molecule has 1 aromatic heterocycles. The van der Waals surface area contributed by atoms with Crippen molar-refractivity contribution in [2.75, 3.05) is 0 Å². The van der Waals surface area contributed by atoms with E-state index in [9.17, 15) is 4.79 Å². The standard InChI is InChI=1S/C26H21NO/c1-18-12-14-20(15-13-18)16-17-24(28)25-19(2)27-23-11-7-6-10-22(23)26(25)21-8-4-3-5-9-21/h3-17H,1-2H3/b17-16-. The van der Waals surface area contributed by atoms with Crippen LogP contribution in [0.15, 0.2) is 84.9 Å². The van der Waals surface area contributed by atoms with Crippen molar-refractivity contribution in [3.8, 4) is 11.1 Å². The summed E-state index contributed by atoms with van der Waals surface area (Å²) in [5, 5.41) is 0.992. The van der Waals surface area contributed by atoms with Crippen molar-refractivity contribution in [2.45, 2.75) is 13.8 Å². The molecule has 28 heavy (non-hydrogen) atoms. The fourth-order valence-corrected chi connectivity index (χ4v) is 3.47. The predicted molar refractivity (Wildman–Crippen MR) is 116 cm³/mol. The van der Waals surface area contributed by atoms with Gasteiger partial charge in [0.15, 0.2) is 5.78 Å². The highest BCUT2D eigenvalue weighted by molar-refractivity contribution is 6.16. The van der Waals surface area contributed by atoms with Gasteiger partial charge in [-0.2, -0.15) is 0 Å². The molecule has 0 N–H and O–H groups in total. The minimum Gasteiger partial charge on any atom is -0.289 e. The summed E-state index contributed by atoms with van der Waals surface area (Å²) in [4.78, 5) is 17.9. The number of rotatable bonds is 4. The molecule has 0 aliphatic rings. The van der Waals surface area contributed by atoms with Gasteiger partial charge in [0.1, 0.15) is 0 Å². The zero-order valence-corrected chi connectivity index (χ0v) is 16.0. The van der Waals surface area contributed by atoms with Crippen molar-refractivity contribution in [1.29, 1.82) is 0 Å². The third-order valence-electron chi connectivity index (χ3n) is 4.89. The van der Waals surface area contributed by atoms with E-state index < -0.39 is 0 Å². The van der Waals surface area contributed by atoms with Gasteiger partial charge in [0.25, 0.3) is 0 Å². The molecule has 0 bridgehead atoms. The highest BCUT2D eigenvalue weighted by atomic mass is 16.1. The zero-order valence-electron chi connectivity index (χ0n) is 16.0. The number of hydrogen-bond donors (Lipinski definition) is 0. The first kappa shape index (κ1) is 17.9. The van der Waals surface area contributed by atoms with Crippen molar-refractivity contribution >= 4 is 22.8 Å². The normalized spacial score (nSPS) is 11.2. The van der Waals surface area contributed by atoms with Gasteiger partial charge in [-0.25, -0.2) is 0 Å². The Labute approximate surface area is 165 Å². The van der Waals surface area contributed by atoms with Crippen LogP contribution in [0, 0.1) is 13.8 Å². The number of pyridine rings is 1. The zero-order chi connectivity index (χ0) is 19.5. The number of hydrogen-bond acceptors (Lipinski definition) is 2. The lowest BCUT2D eigenvalue weighted by molar-refractivity contribution is 0.104. The minimum absolute atomic E-state index is 0.0322. The van der Waals surface area contributed by atoms with Crippen LogP contribution in [-0.4, -0.2) is 10.8 Å². The summed E-state index contributed by atoms with van der Waals surface area (Å²) in [6.45, 7) is 3.96. The average Bonchev–Trinajstić information content (AvgIpc) is 2.72. The molecule has 4 rings (SSSR count). The molecule has 0 amide bonds. The summed E-state index contributed by atoms with van der Waals surface area (Å²) in [7, 11) is 0. The maximum atomic E-state index is 13.2. The van der Waals surface area contributed by atoms with Gasteiger partial charge in [0, 0.05) is 16.6 Å². The number of allylic oxidation sites excluding steroid dienone is 1. The topological polar surface area (TPSA) is 30.0 Å². The highest BCUT2D eigenvalue weighted by Crippen LogP contribution is 2.33. The molecule has 0 fully saturated rings. The smallest absolute Gasteiger partial charge is 0.188 e. The van der Waals surface area contributed by atoms with Gasteiger partial charge in [-0.05, 0) is 37.1 Å². The SMILES string of the molecule is Cc1ccc(/C=C\C(=O)c2c(C)nc3ccccc3c2-c2ccccc2)cc1. The van der Waals surface area contributed by atoms with Gasteiger partial charge < -0.3 is 0 Å². The lowest BCUT2D eigenvalue weighted by atomic mass is 9.92. The predicted octanol–water partition coefficient (Wildman–Crippen LogP) is 6.41. The second-order valence-corrected chi connectivity index (χ2v) is 6.94. The van der Waals surface area contributed by atoms with Crippen LogP contribution >= 0.6 is 0 Å². The largest absolute Gasteiger partial charge is 0.289 e. The van der Waals surface area contributed by atoms with E-state index in [1.165, 1.54) is 5.56 Å². The number of aromatic nitrogens is 1. The average molecular weight is 363 g/mol. The maximum absolute atomic E-state index is 13.2. The minimum atomic E-state index is -0.0322. The molecule has 0 aliphatic heterocycles. The van der Waals surface area contributed by atoms with Crippen molar-refractivity contribution in [2.24, 2.45) is 0 Å². The van der Waals surface area contributed by atoms with Gasteiger partial charge in [0.2, 0.25) is 0 Å². The van der Waals surface area contributed by atoms with Gasteiger partial charge in [-0.1, -0.05) is 84.4 Å². The molecule has 0 saturated heterocycles. The van der Waals surface area contributed by atoms with E-state index in [0.29, 0.717) is 5.56 Å². The van der Waals surface area contributed by atoms with E-state index in [0.717, 1.165) is 33.3 Å². The summed E-state index contributed by atoms with van der Waals surface area (Å²) < 4.78 is 0. The van der Waals surface area contributed by atoms with E-state index in [2.05, 4.69) is 6.92 Å². The Morgan fingerprint density at radius 2 is 1.50 bits per heavy atom. The Kier molecular flexibility index (Phi) is 4.86. The Morgan fingerprint density at radius 1 is 0.821 bits per heavy atom. The van der Waals surface area contributed by atoms with Gasteiger partial charge in [-0.3, -0.25) is 9.78 Å². The molecule has 0 unspecified atom stereocenters. The van der Waals surface area contributed by atoms with E-state index in [-0.39, 0.29) is 5.78 Å². The van der Waals surface area contributed by atoms with Crippen molar-refractivity contribution in [3.05, 3.63) is 107 Å². The lowest BCUT2D eigenvalue weighted by Gasteiger charge is -2.14. The number of carbonyl (C=O) groups excluding carboxylic acids is 1. The van der Waals surface area contributed by atoms with Crippen molar-refractivity contribution < 1.29 is 4.79 Å². The first-order valence-electron chi connectivity index (χ1n) is 9.37. The third kappa shape index (κ3) is 3.49. The van der Waals surface area contributed by atoms with Crippen LogP contribution in [-0.2, 0) is 0 Å². The maximum Gasteiger partial charge on any atom is 0.188 e.